The Balaban J connectivity index is 1.62. The Morgan fingerprint density at radius 2 is 2.04 bits per heavy atom. The van der Waals surface area contributed by atoms with Gasteiger partial charge in [-0.3, -0.25) is 0 Å². The van der Waals surface area contributed by atoms with Crippen LogP contribution >= 0.6 is 35.4 Å². The predicted octanol–water partition coefficient (Wildman–Crippen LogP) is 5.03. The molecule has 0 radical (unpaired) electrons. The van der Waals surface area contributed by atoms with Gasteiger partial charge < -0.3 is 19.5 Å². The van der Waals surface area contributed by atoms with Crippen molar-refractivity contribution in [1.82, 2.24) is 5.32 Å². The fourth-order valence-electron chi connectivity index (χ4n) is 2.83. The van der Waals surface area contributed by atoms with Crippen LogP contribution < -0.4 is 14.8 Å². The number of nitrogens with one attached hydrogen (secondary N) is 1. The molecule has 1 aliphatic heterocycles. The SMILES string of the molecule is COc1cc(C(=S)NC[C@H]2CCCO2)ccc1OCc1ccc(Cl)c(Cl)c1. The van der Waals surface area contributed by atoms with E-state index in [1.54, 1.807) is 19.2 Å². The van der Waals surface area contributed by atoms with Crippen LogP contribution in [0, 0.1) is 0 Å². The zero-order chi connectivity index (χ0) is 19.2. The van der Waals surface area contributed by atoms with Gasteiger partial charge in [-0.1, -0.05) is 41.5 Å². The summed E-state index contributed by atoms with van der Waals surface area (Å²) in [6, 6.07) is 11.0. The highest BCUT2D eigenvalue weighted by molar-refractivity contribution is 7.80. The van der Waals surface area contributed by atoms with Crippen LogP contribution in [-0.4, -0.2) is 31.4 Å². The highest BCUT2D eigenvalue weighted by atomic mass is 35.5. The summed E-state index contributed by atoms with van der Waals surface area (Å²) < 4.78 is 16.9. The maximum Gasteiger partial charge on any atom is 0.161 e. The molecule has 1 atom stereocenters. The van der Waals surface area contributed by atoms with Crippen molar-refractivity contribution in [2.75, 3.05) is 20.3 Å². The molecule has 7 heteroatoms. The Kier molecular flexibility index (Phi) is 7.19. The largest absolute Gasteiger partial charge is 0.493 e. The van der Waals surface area contributed by atoms with Crippen molar-refractivity contribution in [2.45, 2.75) is 25.6 Å². The molecule has 0 aromatic heterocycles. The fourth-order valence-corrected chi connectivity index (χ4v) is 3.36. The first kappa shape index (κ1) is 20.2. The summed E-state index contributed by atoms with van der Waals surface area (Å²) in [5.41, 5.74) is 1.80. The number of ether oxygens (including phenoxy) is 3. The lowest BCUT2D eigenvalue weighted by Gasteiger charge is -2.15. The van der Waals surface area contributed by atoms with E-state index in [0.717, 1.165) is 37.1 Å². The number of hydrogen-bond donors (Lipinski definition) is 1. The summed E-state index contributed by atoms with van der Waals surface area (Å²) >= 11 is 17.5. The van der Waals surface area contributed by atoms with E-state index in [0.29, 0.717) is 33.1 Å². The third kappa shape index (κ3) is 5.48. The van der Waals surface area contributed by atoms with Crippen molar-refractivity contribution in [3.63, 3.8) is 0 Å². The number of benzene rings is 2. The molecule has 1 heterocycles. The van der Waals surface area contributed by atoms with Gasteiger partial charge in [-0.25, -0.2) is 0 Å². The van der Waals surface area contributed by atoms with Crippen LogP contribution in [0.15, 0.2) is 36.4 Å². The monoisotopic (exact) mass is 425 g/mol. The van der Waals surface area contributed by atoms with Gasteiger partial charge in [0.05, 0.1) is 23.3 Å². The molecule has 4 nitrogen and oxygen atoms in total. The lowest BCUT2D eigenvalue weighted by molar-refractivity contribution is 0.114. The second kappa shape index (κ2) is 9.60. The number of hydrogen-bond acceptors (Lipinski definition) is 4. The van der Waals surface area contributed by atoms with E-state index in [9.17, 15) is 0 Å². The quantitative estimate of drug-likeness (QED) is 0.630. The highest BCUT2D eigenvalue weighted by Gasteiger charge is 2.16. The average Bonchev–Trinajstić information content (AvgIpc) is 3.20. The Morgan fingerprint density at radius 1 is 1.19 bits per heavy atom. The third-order valence-corrected chi connectivity index (χ3v) is 5.44. The zero-order valence-corrected chi connectivity index (χ0v) is 17.3. The number of rotatable bonds is 7. The first-order valence-corrected chi connectivity index (χ1v) is 9.88. The normalized spacial score (nSPS) is 16.2. The van der Waals surface area contributed by atoms with Crippen LogP contribution in [0.4, 0.5) is 0 Å². The standard InChI is InChI=1S/C20H21Cl2NO3S/c1-24-19-10-14(20(27)23-11-15-3-2-8-25-15)5-7-18(19)26-12-13-4-6-16(21)17(22)9-13/h4-7,9-10,15H,2-3,8,11-12H2,1H3,(H,23,27)/t15-/m1/s1. The molecule has 144 valence electrons. The molecule has 0 spiro atoms. The van der Waals surface area contributed by atoms with Crippen molar-refractivity contribution in [1.29, 1.82) is 0 Å². The average molecular weight is 426 g/mol. The summed E-state index contributed by atoms with van der Waals surface area (Å²) in [6.07, 6.45) is 2.41. The van der Waals surface area contributed by atoms with Crippen LogP contribution in [0.2, 0.25) is 10.0 Å². The molecule has 0 bridgehead atoms. The zero-order valence-electron chi connectivity index (χ0n) is 15.0. The van der Waals surface area contributed by atoms with Gasteiger partial charge in [0, 0.05) is 18.7 Å². The van der Waals surface area contributed by atoms with Gasteiger partial charge in [0.2, 0.25) is 0 Å². The molecule has 1 N–H and O–H groups in total. The molecular formula is C20H21Cl2NO3S. The van der Waals surface area contributed by atoms with Gasteiger partial charge in [-0.15, -0.1) is 0 Å². The molecule has 1 fully saturated rings. The minimum absolute atomic E-state index is 0.235. The molecule has 0 unspecified atom stereocenters. The van der Waals surface area contributed by atoms with Gasteiger partial charge in [0.1, 0.15) is 11.6 Å². The third-order valence-electron chi connectivity index (χ3n) is 4.32. The summed E-state index contributed by atoms with van der Waals surface area (Å²) in [4.78, 5) is 0.667. The smallest absolute Gasteiger partial charge is 0.161 e. The number of methoxy groups -OCH3 is 1. The second-order valence-corrected chi connectivity index (χ2v) is 7.47. The number of halogens is 2. The molecule has 1 aliphatic rings. The molecule has 2 aromatic carbocycles. The highest BCUT2D eigenvalue weighted by Crippen LogP contribution is 2.30. The second-order valence-electron chi connectivity index (χ2n) is 6.25. The van der Waals surface area contributed by atoms with E-state index in [4.69, 9.17) is 49.6 Å². The predicted molar refractivity (Wildman–Crippen MR) is 112 cm³/mol. The summed E-state index contributed by atoms with van der Waals surface area (Å²) in [7, 11) is 1.61. The van der Waals surface area contributed by atoms with E-state index < -0.39 is 0 Å². The molecule has 27 heavy (non-hydrogen) atoms. The number of thiocarbonyl (C=S) groups is 1. The summed E-state index contributed by atoms with van der Waals surface area (Å²) in [6.45, 7) is 1.91. The van der Waals surface area contributed by atoms with Gasteiger partial charge in [0.25, 0.3) is 0 Å². The van der Waals surface area contributed by atoms with Crippen molar-refractivity contribution >= 4 is 40.4 Å². The lowest BCUT2D eigenvalue weighted by Crippen LogP contribution is -2.31. The molecule has 1 saturated heterocycles. The van der Waals surface area contributed by atoms with Gasteiger partial charge in [0.15, 0.2) is 11.5 Å². The van der Waals surface area contributed by atoms with Crippen LogP contribution in [0.3, 0.4) is 0 Å². The van der Waals surface area contributed by atoms with Crippen LogP contribution in [-0.2, 0) is 11.3 Å². The first-order valence-electron chi connectivity index (χ1n) is 8.71. The maximum absolute atomic E-state index is 6.04. The first-order chi connectivity index (χ1) is 13.1. The summed E-state index contributed by atoms with van der Waals surface area (Å²) in [5, 5.41) is 4.29. The lowest BCUT2D eigenvalue weighted by atomic mass is 10.2. The molecule has 0 saturated carbocycles. The van der Waals surface area contributed by atoms with E-state index in [-0.39, 0.29) is 6.10 Å². The van der Waals surface area contributed by atoms with Crippen LogP contribution in [0.1, 0.15) is 24.0 Å². The Labute approximate surface area is 174 Å². The van der Waals surface area contributed by atoms with Crippen molar-refractivity contribution in [2.24, 2.45) is 0 Å². The molecule has 3 rings (SSSR count). The fraction of sp³-hybridized carbons (Fsp3) is 0.350. The van der Waals surface area contributed by atoms with Gasteiger partial charge in [-0.2, -0.15) is 0 Å². The van der Waals surface area contributed by atoms with Gasteiger partial charge >= 0.3 is 0 Å². The van der Waals surface area contributed by atoms with E-state index in [1.165, 1.54) is 0 Å². The minimum Gasteiger partial charge on any atom is -0.493 e. The molecular weight excluding hydrogens is 405 g/mol. The van der Waals surface area contributed by atoms with Crippen molar-refractivity contribution in [3.05, 3.63) is 57.6 Å². The Hall–Kier alpha value is -1.53. The maximum atomic E-state index is 6.04. The molecule has 0 aliphatic carbocycles. The Morgan fingerprint density at radius 3 is 2.74 bits per heavy atom. The van der Waals surface area contributed by atoms with Gasteiger partial charge in [-0.05, 0) is 48.7 Å². The molecule has 0 amide bonds. The molecule has 2 aromatic rings. The Bertz CT molecular complexity index is 810. The minimum atomic E-state index is 0.235. The van der Waals surface area contributed by atoms with Crippen molar-refractivity contribution < 1.29 is 14.2 Å². The topological polar surface area (TPSA) is 39.7 Å². The van der Waals surface area contributed by atoms with Crippen LogP contribution in [0.25, 0.3) is 0 Å². The summed E-state index contributed by atoms with van der Waals surface area (Å²) in [5.74, 6) is 1.25. The van der Waals surface area contributed by atoms with E-state index in [1.807, 2.05) is 24.3 Å². The van der Waals surface area contributed by atoms with Crippen LogP contribution in [0.5, 0.6) is 11.5 Å². The van der Waals surface area contributed by atoms with Crippen molar-refractivity contribution in [3.8, 4) is 11.5 Å². The van der Waals surface area contributed by atoms with E-state index in [2.05, 4.69) is 5.32 Å². The van der Waals surface area contributed by atoms with E-state index >= 15 is 0 Å².